The summed E-state index contributed by atoms with van der Waals surface area (Å²) in [6.45, 7) is 19.6. The molecule has 13 nitrogen and oxygen atoms in total. The molecule has 0 aromatic heterocycles. The zero-order chi connectivity index (χ0) is 58.0. The molecule has 5 atom stereocenters. The Kier molecular flexibility index (Phi) is 48.9. The minimum Gasteiger partial charge on any atom is -0.464 e. The maximum atomic E-state index is 13.3. The highest BCUT2D eigenvalue weighted by Gasteiger charge is 2.25. The fourth-order valence-corrected chi connectivity index (χ4v) is 9.67. The second-order valence-corrected chi connectivity index (χ2v) is 23.5. The van der Waals surface area contributed by atoms with Crippen LogP contribution in [0.2, 0.25) is 0 Å². The van der Waals surface area contributed by atoms with Crippen LogP contribution in [0.5, 0.6) is 0 Å². The zero-order valence-corrected chi connectivity index (χ0v) is 51.6. The van der Waals surface area contributed by atoms with Crippen molar-refractivity contribution < 1.29 is 47.8 Å². The number of Topliss-reactive ketones (excluding diaryl/α,β-unsaturated/α-hetero) is 1. The van der Waals surface area contributed by atoms with Crippen LogP contribution in [0.1, 0.15) is 300 Å². The SMILES string of the molecule is CCCCCCCC(/C=C/C(C)CCCCCC)OC(=O)C(CC)CCCCNC(=O)CCCCCCCCC(=O)NC(CC(C)C)C(=O)OCCCCCCOC(=O)C(CC(C)C)NC(=O)CCCCCCCCC(C)=O. The van der Waals surface area contributed by atoms with Gasteiger partial charge < -0.3 is 35.0 Å². The van der Waals surface area contributed by atoms with Crippen molar-refractivity contribution in [2.45, 2.75) is 318 Å². The van der Waals surface area contributed by atoms with E-state index in [-0.39, 0.29) is 66.5 Å². The number of allylic oxidation sites excluding steroid dienone is 1. The molecule has 0 fully saturated rings. The van der Waals surface area contributed by atoms with Crippen LogP contribution in [0.15, 0.2) is 12.2 Å². The molecule has 0 saturated carbocycles. The normalized spacial score (nSPS) is 13.5. The van der Waals surface area contributed by atoms with Crippen molar-refractivity contribution in [3.05, 3.63) is 12.2 Å². The number of esters is 3. The van der Waals surface area contributed by atoms with Gasteiger partial charge >= 0.3 is 17.9 Å². The van der Waals surface area contributed by atoms with E-state index in [4.69, 9.17) is 14.2 Å². The average molecular weight is 1100 g/mol. The van der Waals surface area contributed by atoms with Crippen molar-refractivity contribution in [1.29, 1.82) is 0 Å². The Morgan fingerprint density at radius 2 is 0.833 bits per heavy atom. The van der Waals surface area contributed by atoms with E-state index in [1.54, 1.807) is 6.92 Å². The third-order valence-electron chi connectivity index (χ3n) is 14.6. The van der Waals surface area contributed by atoms with Gasteiger partial charge in [0.1, 0.15) is 24.0 Å². The molecule has 5 unspecified atom stereocenters. The molecule has 0 heterocycles. The van der Waals surface area contributed by atoms with E-state index in [9.17, 15) is 33.6 Å². The number of hydrogen-bond donors (Lipinski definition) is 3. The standard InChI is InChI=1S/C65H119N3O10/c1-10-13-15-21-30-41-57(46-45-54(8)38-28-16-14-11-2)78-63(73)56(12-3)40-34-35-47-66-60(70)42-31-23-19-20-25-33-44-62(72)68-59(51-53(6)7)65(75)77-49-37-27-26-36-48-76-64(74)58(50-52(4)5)67-61(71)43-32-24-18-17-22-29-39-55(9)69/h45-46,52-54,56-59H,10-44,47-51H2,1-9H3,(H,66,70)(H,67,71)(H,68,72)/b46-45+. The first kappa shape index (κ1) is 74.2. The number of carbonyl (C=O) groups is 7. The van der Waals surface area contributed by atoms with E-state index in [0.29, 0.717) is 63.8 Å². The second-order valence-electron chi connectivity index (χ2n) is 23.5. The molecule has 0 aliphatic heterocycles. The van der Waals surface area contributed by atoms with Crippen LogP contribution in [0.3, 0.4) is 0 Å². The Labute approximate surface area is 477 Å². The van der Waals surface area contributed by atoms with E-state index in [1.807, 2.05) is 27.7 Å². The van der Waals surface area contributed by atoms with Crippen LogP contribution in [0.4, 0.5) is 0 Å². The Morgan fingerprint density at radius 3 is 1.31 bits per heavy atom. The van der Waals surface area contributed by atoms with Gasteiger partial charge in [-0.05, 0) is 133 Å². The predicted molar refractivity (Wildman–Crippen MR) is 319 cm³/mol. The fourth-order valence-electron chi connectivity index (χ4n) is 9.67. The molecular weight excluding hydrogens is 983 g/mol. The topological polar surface area (TPSA) is 183 Å². The van der Waals surface area contributed by atoms with Crippen LogP contribution < -0.4 is 16.0 Å². The van der Waals surface area contributed by atoms with Crippen molar-refractivity contribution in [3.8, 4) is 0 Å². The van der Waals surface area contributed by atoms with Gasteiger partial charge in [0.15, 0.2) is 0 Å². The lowest BCUT2D eigenvalue weighted by Crippen LogP contribution is -2.42. The maximum Gasteiger partial charge on any atom is 0.328 e. The molecule has 454 valence electrons. The largest absolute Gasteiger partial charge is 0.464 e. The maximum absolute atomic E-state index is 13.3. The van der Waals surface area contributed by atoms with E-state index < -0.39 is 24.0 Å². The van der Waals surface area contributed by atoms with Gasteiger partial charge in [0.25, 0.3) is 0 Å². The Bertz CT molecular complexity index is 1580. The molecule has 78 heavy (non-hydrogen) atoms. The van der Waals surface area contributed by atoms with Crippen molar-refractivity contribution in [1.82, 2.24) is 16.0 Å². The summed E-state index contributed by atoms with van der Waals surface area (Å²) in [6.07, 6.45) is 37.5. The van der Waals surface area contributed by atoms with Crippen LogP contribution >= 0.6 is 0 Å². The molecule has 3 amide bonds. The summed E-state index contributed by atoms with van der Waals surface area (Å²) in [5.41, 5.74) is 0. The second kappa shape index (κ2) is 51.4. The third-order valence-corrected chi connectivity index (χ3v) is 14.6. The Balaban J connectivity index is 4.36. The van der Waals surface area contributed by atoms with Gasteiger partial charge in [-0.2, -0.15) is 0 Å². The van der Waals surface area contributed by atoms with Crippen molar-refractivity contribution in [3.63, 3.8) is 0 Å². The lowest BCUT2D eigenvalue weighted by atomic mass is 9.98. The minimum absolute atomic E-state index is 0.0693. The molecule has 13 heteroatoms. The van der Waals surface area contributed by atoms with Crippen molar-refractivity contribution >= 4 is 41.4 Å². The highest BCUT2D eigenvalue weighted by atomic mass is 16.5. The lowest BCUT2D eigenvalue weighted by molar-refractivity contribution is -0.152. The number of nitrogens with one attached hydrogen (secondary N) is 3. The number of carbonyl (C=O) groups excluding carboxylic acids is 7. The summed E-state index contributed by atoms with van der Waals surface area (Å²) in [7, 11) is 0. The van der Waals surface area contributed by atoms with Crippen LogP contribution in [0.25, 0.3) is 0 Å². The molecule has 0 rings (SSSR count). The quantitative estimate of drug-likeness (QED) is 0.0229. The summed E-state index contributed by atoms with van der Waals surface area (Å²) >= 11 is 0. The highest BCUT2D eigenvalue weighted by Crippen LogP contribution is 2.21. The molecular formula is C65H119N3O10. The lowest BCUT2D eigenvalue weighted by Gasteiger charge is -2.20. The number of ketones is 1. The van der Waals surface area contributed by atoms with Gasteiger partial charge in [-0.15, -0.1) is 0 Å². The summed E-state index contributed by atoms with van der Waals surface area (Å²) in [5.74, 6) is -0.110. The average Bonchev–Trinajstić information content (AvgIpc) is 3.39. The third kappa shape index (κ3) is 46.0. The molecule has 0 aromatic carbocycles. The minimum atomic E-state index is -0.687. The Hall–Kier alpha value is -3.77. The summed E-state index contributed by atoms with van der Waals surface area (Å²) in [5, 5.41) is 8.86. The molecule has 0 aliphatic rings. The molecule has 0 aromatic rings. The number of amides is 3. The van der Waals surface area contributed by atoms with Crippen molar-refractivity contribution in [2.75, 3.05) is 19.8 Å². The molecule has 0 bridgehead atoms. The Morgan fingerprint density at radius 1 is 0.423 bits per heavy atom. The monoisotopic (exact) mass is 1100 g/mol. The van der Waals surface area contributed by atoms with Gasteiger partial charge in [0, 0.05) is 32.2 Å². The molecule has 0 spiro atoms. The molecule has 3 N–H and O–H groups in total. The van der Waals surface area contributed by atoms with E-state index in [2.05, 4.69) is 55.8 Å². The first-order valence-electron chi connectivity index (χ1n) is 32.1. The van der Waals surface area contributed by atoms with E-state index in [0.717, 1.165) is 128 Å². The number of unbranched alkanes of at least 4 members (excludes halogenated alkanes) is 21. The first-order valence-corrected chi connectivity index (χ1v) is 32.1. The summed E-state index contributed by atoms with van der Waals surface area (Å²) in [4.78, 5) is 88.3. The van der Waals surface area contributed by atoms with E-state index in [1.165, 1.54) is 57.8 Å². The van der Waals surface area contributed by atoms with Crippen LogP contribution in [-0.2, 0) is 47.8 Å². The van der Waals surface area contributed by atoms with Gasteiger partial charge in [0.05, 0.1) is 19.1 Å². The van der Waals surface area contributed by atoms with Gasteiger partial charge in [-0.25, -0.2) is 9.59 Å². The summed E-state index contributed by atoms with van der Waals surface area (Å²) < 4.78 is 17.3. The van der Waals surface area contributed by atoms with Crippen LogP contribution in [-0.4, -0.2) is 79.4 Å². The highest BCUT2D eigenvalue weighted by molar-refractivity contribution is 5.85. The molecule has 0 saturated heterocycles. The van der Waals surface area contributed by atoms with Crippen molar-refractivity contribution in [2.24, 2.45) is 23.7 Å². The van der Waals surface area contributed by atoms with Crippen LogP contribution in [0, 0.1) is 23.7 Å². The molecule has 0 radical (unpaired) electrons. The smallest absolute Gasteiger partial charge is 0.328 e. The number of ether oxygens (including phenoxy) is 3. The molecule has 0 aliphatic carbocycles. The van der Waals surface area contributed by atoms with Gasteiger partial charge in [-0.1, -0.05) is 171 Å². The predicted octanol–water partition coefficient (Wildman–Crippen LogP) is 15.3. The van der Waals surface area contributed by atoms with Gasteiger partial charge in [-0.3, -0.25) is 19.2 Å². The first-order chi connectivity index (χ1) is 37.5. The summed E-state index contributed by atoms with van der Waals surface area (Å²) in [6, 6.07) is -1.35. The van der Waals surface area contributed by atoms with Gasteiger partial charge in [0.2, 0.25) is 17.7 Å². The number of hydrogen-bond acceptors (Lipinski definition) is 10. The zero-order valence-electron chi connectivity index (χ0n) is 51.6. The fraction of sp³-hybridized carbons (Fsp3) is 0.862. The van der Waals surface area contributed by atoms with E-state index >= 15 is 0 Å². The number of rotatable bonds is 54.